The number of piperazine rings is 1. The minimum Gasteiger partial charge on any atom is -0.454 e. The highest BCUT2D eigenvalue weighted by molar-refractivity contribution is 5.95. The molecule has 7 nitrogen and oxygen atoms in total. The van der Waals surface area contributed by atoms with E-state index < -0.39 is 0 Å². The molecule has 7 heteroatoms. The molecule has 2 aliphatic rings. The molecule has 1 aromatic carbocycles. The van der Waals surface area contributed by atoms with Gasteiger partial charge in [-0.3, -0.25) is 4.79 Å². The van der Waals surface area contributed by atoms with E-state index in [-0.39, 0.29) is 18.8 Å². The van der Waals surface area contributed by atoms with Crippen LogP contribution in [-0.4, -0.2) is 61.4 Å². The summed E-state index contributed by atoms with van der Waals surface area (Å²) in [5.41, 5.74) is 0.565. The first-order valence-corrected chi connectivity index (χ1v) is 8.15. The molecule has 2 aliphatic heterocycles. The van der Waals surface area contributed by atoms with Gasteiger partial charge in [-0.15, -0.1) is 0 Å². The Morgan fingerprint density at radius 3 is 2.46 bits per heavy atom. The molecule has 130 valence electrons. The summed E-state index contributed by atoms with van der Waals surface area (Å²) in [6.45, 7) is 6.53. The van der Waals surface area contributed by atoms with Gasteiger partial charge in [0, 0.05) is 31.7 Å². The monoisotopic (exact) mass is 334 g/mol. The van der Waals surface area contributed by atoms with Crippen molar-refractivity contribution in [3.05, 3.63) is 23.8 Å². The molecule has 0 aromatic heterocycles. The zero-order chi connectivity index (χ0) is 17.1. The Hall–Kier alpha value is -2.44. The van der Waals surface area contributed by atoms with Crippen LogP contribution in [0, 0.1) is 5.92 Å². The smallest absolute Gasteiger partial charge is 0.409 e. The number of benzene rings is 1. The Kier molecular flexibility index (Phi) is 4.78. The number of fused-ring (bicyclic) bond motifs is 1. The quantitative estimate of drug-likeness (QED) is 0.845. The molecule has 24 heavy (non-hydrogen) atoms. The fourth-order valence-electron chi connectivity index (χ4n) is 2.63. The average Bonchev–Trinajstić information content (AvgIpc) is 3.06. The van der Waals surface area contributed by atoms with Crippen LogP contribution in [0.25, 0.3) is 0 Å². The number of rotatable bonds is 3. The Morgan fingerprint density at radius 2 is 1.75 bits per heavy atom. The number of hydrogen-bond acceptors (Lipinski definition) is 5. The molecule has 3 rings (SSSR count). The zero-order valence-electron chi connectivity index (χ0n) is 14.0. The van der Waals surface area contributed by atoms with Gasteiger partial charge in [0.1, 0.15) is 0 Å². The van der Waals surface area contributed by atoms with E-state index in [1.807, 2.05) is 13.8 Å². The number of carbonyl (C=O) groups is 2. The Morgan fingerprint density at radius 1 is 1.08 bits per heavy atom. The van der Waals surface area contributed by atoms with Crippen molar-refractivity contribution in [2.75, 3.05) is 39.6 Å². The fourth-order valence-corrected chi connectivity index (χ4v) is 2.63. The Balaban J connectivity index is 1.54. The molecule has 0 atom stereocenters. The van der Waals surface area contributed by atoms with Crippen molar-refractivity contribution >= 4 is 12.0 Å². The molecule has 0 saturated carbocycles. The summed E-state index contributed by atoms with van der Waals surface area (Å²) in [7, 11) is 0. The number of ether oxygens (including phenoxy) is 3. The lowest BCUT2D eigenvalue weighted by Crippen LogP contribution is -2.50. The number of amides is 2. The normalized spacial score (nSPS) is 16.5. The van der Waals surface area contributed by atoms with E-state index >= 15 is 0 Å². The molecule has 2 heterocycles. The summed E-state index contributed by atoms with van der Waals surface area (Å²) in [5, 5.41) is 0. The van der Waals surface area contributed by atoms with Crippen molar-refractivity contribution in [1.29, 1.82) is 0 Å². The minimum absolute atomic E-state index is 0.0662. The highest BCUT2D eigenvalue weighted by Crippen LogP contribution is 2.32. The molecule has 2 amide bonds. The second-order valence-corrected chi connectivity index (χ2v) is 6.32. The van der Waals surface area contributed by atoms with E-state index in [2.05, 4.69) is 0 Å². The van der Waals surface area contributed by atoms with Crippen LogP contribution < -0.4 is 9.47 Å². The highest BCUT2D eigenvalue weighted by atomic mass is 16.7. The third-order valence-electron chi connectivity index (χ3n) is 3.98. The van der Waals surface area contributed by atoms with Crippen LogP contribution in [0.1, 0.15) is 24.2 Å². The lowest BCUT2D eigenvalue weighted by Gasteiger charge is -2.34. The maximum atomic E-state index is 12.6. The van der Waals surface area contributed by atoms with Crippen LogP contribution in [0.5, 0.6) is 11.5 Å². The molecule has 0 bridgehead atoms. The number of nitrogens with zero attached hydrogens (tertiary/aromatic N) is 2. The van der Waals surface area contributed by atoms with Crippen LogP contribution >= 0.6 is 0 Å². The Bertz CT molecular complexity index is 623. The van der Waals surface area contributed by atoms with E-state index in [1.54, 1.807) is 28.0 Å². The fraction of sp³-hybridized carbons (Fsp3) is 0.529. The third kappa shape index (κ3) is 3.55. The minimum atomic E-state index is -0.307. The van der Waals surface area contributed by atoms with Crippen LogP contribution in [0.4, 0.5) is 4.79 Å². The number of hydrogen-bond donors (Lipinski definition) is 0. The summed E-state index contributed by atoms with van der Waals surface area (Å²) in [6, 6.07) is 5.18. The van der Waals surface area contributed by atoms with Crippen molar-refractivity contribution in [3.63, 3.8) is 0 Å². The molecule has 1 aromatic rings. The molecule has 0 unspecified atom stereocenters. The first kappa shape index (κ1) is 16.4. The van der Waals surface area contributed by atoms with Crippen LogP contribution in [0.2, 0.25) is 0 Å². The van der Waals surface area contributed by atoms with Crippen molar-refractivity contribution in [3.8, 4) is 11.5 Å². The topological polar surface area (TPSA) is 68.3 Å². The molecule has 1 fully saturated rings. The van der Waals surface area contributed by atoms with Crippen molar-refractivity contribution in [1.82, 2.24) is 9.80 Å². The predicted octanol–water partition coefficient (Wildman–Crippen LogP) is 1.97. The zero-order valence-corrected chi connectivity index (χ0v) is 14.0. The van der Waals surface area contributed by atoms with Gasteiger partial charge in [-0.1, -0.05) is 13.8 Å². The summed E-state index contributed by atoms with van der Waals surface area (Å²) in [6.07, 6.45) is -0.307. The van der Waals surface area contributed by atoms with Gasteiger partial charge in [-0.05, 0) is 24.1 Å². The van der Waals surface area contributed by atoms with Gasteiger partial charge < -0.3 is 24.0 Å². The first-order chi connectivity index (χ1) is 11.5. The van der Waals surface area contributed by atoms with E-state index in [9.17, 15) is 9.59 Å². The van der Waals surface area contributed by atoms with Crippen LogP contribution in [0.15, 0.2) is 18.2 Å². The summed E-state index contributed by atoms with van der Waals surface area (Å²) < 4.78 is 15.8. The van der Waals surface area contributed by atoms with E-state index in [0.717, 1.165) is 0 Å². The van der Waals surface area contributed by atoms with E-state index in [1.165, 1.54) is 0 Å². The largest absolute Gasteiger partial charge is 0.454 e. The summed E-state index contributed by atoms with van der Waals surface area (Å²) >= 11 is 0. The van der Waals surface area contributed by atoms with Crippen LogP contribution in [-0.2, 0) is 4.74 Å². The highest BCUT2D eigenvalue weighted by Gasteiger charge is 2.26. The van der Waals surface area contributed by atoms with Gasteiger partial charge in [0.25, 0.3) is 5.91 Å². The van der Waals surface area contributed by atoms with Crippen molar-refractivity contribution in [2.24, 2.45) is 5.92 Å². The predicted molar refractivity (Wildman–Crippen MR) is 86.2 cm³/mol. The number of carbonyl (C=O) groups excluding carboxylic acids is 2. The third-order valence-corrected chi connectivity index (χ3v) is 3.98. The average molecular weight is 334 g/mol. The molecule has 0 spiro atoms. The van der Waals surface area contributed by atoms with Gasteiger partial charge in [-0.25, -0.2) is 4.79 Å². The molecular formula is C17H22N2O5. The van der Waals surface area contributed by atoms with Gasteiger partial charge in [0.05, 0.1) is 6.61 Å². The summed E-state index contributed by atoms with van der Waals surface area (Å²) in [4.78, 5) is 27.9. The lowest BCUT2D eigenvalue weighted by atomic mass is 10.1. The van der Waals surface area contributed by atoms with Gasteiger partial charge >= 0.3 is 6.09 Å². The Labute approximate surface area is 141 Å². The van der Waals surface area contributed by atoms with Gasteiger partial charge in [-0.2, -0.15) is 0 Å². The lowest BCUT2D eigenvalue weighted by molar-refractivity contribution is 0.0535. The molecular weight excluding hydrogens is 312 g/mol. The molecule has 0 radical (unpaired) electrons. The second kappa shape index (κ2) is 6.98. The van der Waals surface area contributed by atoms with Crippen molar-refractivity contribution in [2.45, 2.75) is 13.8 Å². The standard InChI is InChI=1S/C17H22N2O5/c1-12(2)10-22-17(21)19-7-5-18(6-8-19)16(20)13-3-4-14-15(9-13)24-11-23-14/h3-4,9,12H,5-8,10-11H2,1-2H3. The summed E-state index contributed by atoms with van der Waals surface area (Å²) in [5.74, 6) is 1.49. The van der Waals surface area contributed by atoms with Crippen LogP contribution in [0.3, 0.4) is 0 Å². The maximum Gasteiger partial charge on any atom is 0.409 e. The van der Waals surface area contributed by atoms with E-state index in [0.29, 0.717) is 55.8 Å². The first-order valence-electron chi connectivity index (χ1n) is 8.15. The van der Waals surface area contributed by atoms with Gasteiger partial charge in [0.2, 0.25) is 6.79 Å². The van der Waals surface area contributed by atoms with Gasteiger partial charge in [0.15, 0.2) is 11.5 Å². The molecule has 1 saturated heterocycles. The molecule has 0 aliphatic carbocycles. The maximum absolute atomic E-state index is 12.6. The van der Waals surface area contributed by atoms with Crippen molar-refractivity contribution < 1.29 is 23.8 Å². The molecule has 0 N–H and O–H groups in total. The van der Waals surface area contributed by atoms with E-state index in [4.69, 9.17) is 14.2 Å². The SMILES string of the molecule is CC(C)COC(=O)N1CCN(C(=O)c2ccc3c(c2)OCO3)CC1. The second-order valence-electron chi connectivity index (χ2n) is 6.32.